The fraction of sp³-hybridized carbons (Fsp3) is 0.370. The molecule has 0 fully saturated rings. The van der Waals surface area contributed by atoms with Gasteiger partial charge in [-0.15, -0.1) is 0 Å². The van der Waals surface area contributed by atoms with Gasteiger partial charge in [-0.3, -0.25) is 4.79 Å². The van der Waals surface area contributed by atoms with Crippen molar-refractivity contribution in [2.75, 3.05) is 7.11 Å². The first-order valence-corrected chi connectivity index (χ1v) is 12.0. The summed E-state index contributed by atoms with van der Waals surface area (Å²) in [5, 5.41) is 3.55. The number of benzene rings is 2. The lowest BCUT2D eigenvalue weighted by atomic mass is 9.93. The Morgan fingerprint density at radius 1 is 1.12 bits per heavy atom. The fourth-order valence-electron chi connectivity index (χ4n) is 3.98. The minimum atomic E-state index is -0.773. The van der Waals surface area contributed by atoms with Gasteiger partial charge in [0.2, 0.25) is 5.91 Å². The molecule has 0 spiro atoms. The third-order valence-corrected chi connectivity index (χ3v) is 6.36. The number of rotatable bonds is 11. The number of carbonyl (C=O) groups is 2. The Bertz CT molecular complexity index is 1080. The summed E-state index contributed by atoms with van der Waals surface area (Å²) in [6.45, 7) is 3.94. The van der Waals surface area contributed by atoms with E-state index in [1.165, 1.54) is 7.11 Å². The fourth-order valence-corrected chi connectivity index (χ4v) is 4.24. The molecule has 0 radical (unpaired) electrons. The van der Waals surface area contributed by atoms with E-state index in [2.05, 4.69) is 22.2 Å². The van der Waals surface area contributed by atoms with E-state index in [9.17, 15) is 9.59 Å². The van der Waals surface area contributed by atoms with Gasteiger partial charge >= 0.3 is 5.97 Å². The molecule has 2 N–H and O–H groups in total. The number of carbonyl (C=O) groups excluding carboxylic acids is 2. The lowest BCUT2D eigenvalue weighted by Gasteiger charge is -2.19. The maximum atomic E-state index is 13.1. The molecule has 1 heterocycles. The number of hydrogen-bond acceptors (Lipinski definition) is 4. The van der Waals surface area contributed by atoms with Crippen LogP contribution in [0.5, 0.6) is 0 Å². The molecule has 0 saturated carbocycles. The Labute approximate surface area is 206 Å². The molecular formula is C27H32ClN3O3. The first kappa shape index (κ1) is 25.5. The molecule has 7 heteroatoms. The Morgan fingerprint density at radius 3 is 2.50 bits per heavy atom. The van der Waals surface area contributed by atoms with Crippen LogP contribution in [0.3, 0.4) is 0 Å². The van der Waals surface area contributed by atoms with Crippen molar-refractivity contribution in [1.29, 1.82) is 0 Å². The highest BCUT2D eigenvalue weighted by Gasteiger charge is 2.27. The van der Waals surface area contributed by atoms with Crippen molar-refractivity contribution in [3.05, 3.63) is 88.5 Å². The SMILES string of the molecule is CCCCC(c1ncc(C(C)C(=O)NC(Cc2ccccc2)C(=O)OC)[nH]1)c1ccccc1Cl. The molecule has 34 heavy (non-hydrogen) atoms. The van der Waals surface area contributed by atoms with E-state index in [0.29, 0.717) is 17.1 Å². The van der Waals surface area contributed by atoms with Crippen LogP contribution in [0.4, 0.5) is 0 Å². The van der Waals surface area contributed by atoms with E-state index in [4.69, 9.17) is 16.3 Å². The molecule has 3 atom stereocenters. The number of methoxy groups -OCH3 is 1. The van der Waals surface area contributed by atoms with Crippen molar-refractivity contribution in [1.82, 2.24) is 15.3 Å². The number of nitrogens with zero attached hydrogens (tertiary/aromatic N) is 1. The zero-order valence-corrected chi connectivity index (χ0v) is 20.6. The Morgan fingerprint density at radius 2 is 1.82 bits per heavy atom. The maximum Gasteiger partial charge on any atom is 0.328 e. The standard InChI is InChI=1S/C27H32ClN3O3/c1-4-5-13-21(20-14-9-10-15-22(20)28)25-29-17-24(30-25)18(2)26(32)31-23(27(33)34-3)16-19-11-7-6-8-12-19/h6-12,14-15,17-18,21,23H,4-5,13,16H2,1-3H3,(H,29,30)(H,31,32). The summed E-state index contributed by atoms with van der Waals surface area (Å²) < 4.78 is 4.92. The van der Waals surface area contributed by atoms with Crippen LogP contribution in [0.1, 0.15) is 67.6 Å². The van der Waals surface area contributed by atoms with E-state index >= 15 is 0 Å². The highest BCUT2D eigenvalue weighted by atomic mass is 35.5. The predicted octanol–water partition coefficient (Wildman–Crippen LogP) is 5.39. The molecule has 0 aliphatic heterocycles. The molecule has 0 saturated heterocycles. The Hall–Kier alpha value is -3.12. The van der Waals surface area contributed by atoms with Crippen LogP contribution in [0, 0.1) is 0 Å². The van der Waals surface area contributed by atoms with Gasteiger partial charge in [-0.2, -0.15) is 0 Å². The summed E-state index contributed by atoms with van der Waals surface area (Å²) in [5.74, 6) is -0.483. The number of amides is 1. The number of esters is 1. The minimum Gasteiger partial charge on any atom is -0.467 e. The maximum absolute atomic E-state index is 13.1. The largest absolute Gasteiger partial charge is 0.467 e. The number of halogens is 1. The Kier molecular flexibility index (Phi) is 9.28. The van der Waals surface area contributed by atoms with Crippen molar-refractivity contribution in [2.24, 2.45) is 0 Å². The van der Waals surface area contributed by atoms with Crippen LogP contribution in [0.15, 0.2) is 60.8 Å². The highest BCUT2D eigenvalue weighted by molar-refractivity contribution is 6.31. The molecule has 3 unspecified atom stereocenters. The van der Waals surface area contributed by atoms with E-state index < -0.39 is 17.9 Å². The summed E-state index contributed by atoms with van der Waals surface area (Å²) >= 11 is 6.49. The second-order valence-electron chi connectivity index (χ2n) is 8.44. The highest BCUT2D eigenvalue weighted by Crippen LogP contribution is 2.33. The minimum absolute atomic E-state index is 0.0126. The molecule has 0 aliphatic carbocycles. The number of aromatic nitrogens is 2. The third kappa shape index (κ3) is 6.48. The molecule has 180 valence electrons. The first-order chi connectivity index (χ1) is 16.4. The van der Waals surface area contributed by atoms with E-state index in [-0.39, 0.29) is 11.8 Å². The summed E-state index contributed by atoms with van der Waals surface area (Å²) in [6.07, 6.45) is 5.03. The van der Waals surface area contributed by atoms with Crippen LogP contribution < -0.4 is 5.32 Å². The summed E-state index contributed by atoms with van der Waals surface area (Å²) in [4.78, 5) is 33.3. The molecule has 0 bridgehead atoms. The number of nitrogens with one attached hydrogen (secondary N) is 2. The summed E-state index contributed by atoms with van der Waals surface area (Å²) in [5.41, 5.74) is 2.64. The van der Waals surface area contributed by atoms with Gasteiger partial charge in [-0.1, -0.05) is 79.9 Å². The topological polar surface area (TPSA) is 84.1 Å². The first-order valence-electron chi connectivity index (χ1n) is 11.7. The second kappa shape index (κ2) is 12.4. The van der Waals surface area contributed by atoms with Gasteiger partial charge in [0.15, 0.2) is 0 Å². The van der Waals surface area contributed by atoms with Crippen molar-refractivity contribution < 1.29 is 14.3 Å². The van der Waals surface area contributed by atoms with Crippen molar-refractivity contribution >= 4 is 23.5 Å². The lowest BCUT2D eigenvalue weighted by Crippen LogP contribution is -2.44. The quantitative estimate of drug-likeness (QED) is 0.360. The molecule has 0 aliphatic rings. The molecule has 2 aromatic carbocycles. The second-order valence-corrected chi connectivity index (χ2v) is 8.84. The van der Waals surface area contributed by atoms with Crippen molar-refractivity contribution in [2.45, 2.75) is 57.4 Å². The third-order valence-electron chi connectivity index (χ3n) is 6.02. The predicted molar refractivity (Wildman–Crippen MR) is 134 cm³/mol. The van der Waals surface area contributed by atoms with Crippen LogP contribution in [-0.2, 0) is 20.7 Å². The van der Waals surface area contributed by atoms with Crippen LogP contribution in [0.25, 0.3) is 0 Å². The average Bonchev–Trinajstić information content (AvgIpc) is 3.34. The molecule has 6 nitrogen and oxygen atoms in total. The van der Waals surface area contributed by atoms with Crippen LogP contribution in [-0.4, -0.2) is 35.0 Å². The number of imidazole rings is 1. The van der Waals surface area contributed by atoms with Gasteiger partial charge < -0.3 is 15.0 Å². The van der Waals surface area contributed by atoms with Gasteiger partial charge in [0, 0.05) is 29.3 Å². The monoisotopic (exact) mass is 481 g/mol. The zero-order valence-electron chi connectivity index (χ0n) is 19.9. The van der Waals surface area contributed by atoms with E-state index in [1.807, 2.05) is 54.6 Å². The molecule has 1 amide bonds. The van der Waals surface area contributed by atoms with E-state index in [1.54, 1.807) is 13.1 Å². The van der Waals surface area contributed by atoms with Crippen LogP contribution >= 0.6 is 11.6 Å². The molecule has 3 rings (SSSR count). The molecular weight excluding hydrogens is 450 g/mol. The lowest BCUT2D eigenvalue weighted by molar-refractivity contribution is -0.145. The normalized spacial score (nSPS) is 13.6. The van der Waals surface area contributed by atoms with Gasteiger partial charge in [0.25, 0.3) is 0 Å². The number of unbranched alkanes of at least 4 members (excludes halogenated alkanes) is 1. The smallest absolute Gasteiger partial charge is 0.328 e. The molecule has 1 aromatic heterocycles. The van der Waals surface area contributed by atoms with Crippen LogP contribution in [0.2, 0.25) is 5.02 Å². The number of aromatic amines is 1. The Balaban J connectivity index is 1.76. The number of H-pyrrole nitrogens is 1. The van der Waals surface area contributed by atoms with Gasteiger partial charge in [-0.25, -0.2) is 9.78 Å². The van der Waals surface area contributed by atoms with Crippen molar-refractivity contribution in [3.8, 4) is 0 Å². The number of ether oxygens (including phenoxy) is 1. The van der Waals surface area contributed by atoms with Crippen molar-refractivity contribution in [3.63, 3.8) is 0 Å². The summed E-state index contributed by atoms with van der Waals surface area (Å²) in [7, 11) is 1.32. The zero-order chi connectivity index (χ0) is 24.5. The average molecular weight is 482 g/mol. The molecule has 3 aromatic rings. The van der Waals surface area contributed by atoms with E-state index in [0.717, 1.165) is 36.2 Å². The van der Waals surface area contributed by atoms with Gasteiger partial charge in [0.1, 0.15) is 11.9 Å². The van der Waals surface area contributed by atoms with Gasteiger partial charge in [0.05, 0.1) is 13.0 Å². The van der Waals surface area contributed by atoms with Gasteiger partial charge in [-0.05, 0) is 30.5 Å². The number of hydrogen-bond donors (Lipinski definition) is 2. The summed E-state index contributed by atoms with van der Waals surface area (Å²) in [6, 6.07) is 16.5.